The van der Waals surface area contributed by atoms with Crippen LogP contribution in [0.3, 0.4) is 0 Å². The summed E-state index contributed by atoms with van der Waals surface area (Å²) in [5.41, 5.74) is -1.31. The minimum absolute atomic E-state index is 0.0400. The lowest BCUT2D eigenvalue weighted by Crippen LogP contribution is -2.41. The highest BCUT2D eigenvalue weighted by Gasteiger charge is 2.39. The van der Waals surface area contributed by atoms with Gasteiger partial charge in [0, 0.05) is 36.6 Å². The third-order valence-corrected chi connectivity index (χ3v) is 4.34. The topological polar surface area (TPSA) is 103 Å². The fraction of sp³-hybridized carbons (Fsp3) is 0.200. The smallest absolute Gasteiger partial charge is 0.347 e. The van der Waals surface area contributed by atoms with Gasteiger partial charge in [-0.2, -0.15) is 13.5 Å². The molecular formula is C20H18F3N5O3. The van der Waals surface area contributed by atoms with E-state index in [0.29, 0.717) is 0 Å². The van der Waals surface area contributed by atoms with Crippen molar-refractivity contribution in [2.24, 2.45) is 0 Å². The molecule has 0 aliphatic rings. The molecule has 3 aromatic rings. The maximum absolute atomic E-state index is 14.3. The summed E-state index contributed by atoms with van der Waals surface area (Å²) in [5, 5.41) is 16.3. The van der Waals surface area contributed by atoms with Crippen molar-refractivity contribution in [3.63, 3.8) is 0 Å². The van der Waals surface area contributed by atoms with E-state index in [-0.39, 0.29) is 16.8 Å². The zero-order valence-corrected chi connectivity index (χ0v) is 16.1. The Hall–Kier alpha value is -3.89. The van der Waals surface area contributed by atoms with Crippen LogP contribution in [0.15, 0.2) is 65.8 Å². The number of benzene rings is 1. The van der Waals surface area contributed by atoms with E-state index in [0.717, 1.165) is 16.8 Å². The number of alkyl halides is 2. The van der Waals surface area contributed by atoms with Crippen molar-refractivity contribution in [3.05, 3.63) is 93.7 Å². The Kier molecular flexibility index (Phi) is 6.53. The van der Waals surface area contributed by atoms with Crippen molar-refractivity contribution in [1.29, 1.82) is 0 Å². The predicted molar refractivity (Wildman–Crippen MR) is 105 cm³/mol. The summed E-state index contributed by atoms with van der Waals surface area (Å²) in [4.78, 5) is 28.3. The number of nitrogens with zero attached hydrogens (tertiary/aromatic N) is 3. The molecule has 0 atom stereocenters. The van der Waals surface area contributed by atoms with Crippen LogP contribution in [0.2, 0.25) is 0 Å². The van der Waals surface area contributed by atoms with Gasteiger partial charge in [-0.3, -0.25) is 9.59 Å². The molecule has 31 heavy (non-hydrogen) atoms. The molecule has 0 fully saturated rings. The highest BCUT2D eigenvalue weighted by molar-refractivity contribution is 5.75. The van der Waals surface area contributed by atoms with E-state index in [2.05, 4.69) is 15.6 Å². The monoisotopic (exact) mass is 433 g/mol. The molecule has 0 bridgehead atoms. The molecule has 1 aromatic carbocycles. The second-order valence-electron chi connectivity index (χ2n) is 6.55. The van der Waals surface area contributed by atoms with Gasteiger partial charge in [0.2, 0.25) is 5.91 Å². The van der Waals surface area contributed by atoms with E-state index in [9.17, 15) is 28.0 Å². The minimum atomic E-state index is -3.57. The number of rotatable bonds is 8. The first-order valence-electron chi connectivity index (χ1n) is 9.14. The molecule has 1 amide bonds. The molecule has 0 saturated heterocycles. The first kappa shape index (κ1) is 21.8. The van der Waals surface area contributed by atoms with Crippen LogP contribution in [0.5, 0.6) is 0 Å². The summed E-state index contributed by atoms with van der Waals surface area (Å²) in [6, 6.07) is 9.49. The van der Waals surface area contributed by atoms with Crippen molar-refractivity contribution in [2.45, 2.75) is 19.0 Å². The lowest BCUT2D eigenvalue weighted by Gasteiger charge is -2.16. The van der Waals surface area contributed by atoms with Crippen LogP contribution in [0.4, 0.5) is 19.0 Å². The average Bonchev–Trinajstić information content (AvgIpc) is 2.74. The average molecular weight is 433 g/mol. The lowest BCUT2D eigenvalue weighted by molar-refractivity contribution is -0.624. The van der Waals surface area contributed by atoms with E-state index >= 15 is 0 Å². The van der Waals surface area contributed by atoms with Gasteiger partial charge in [0.05, 0.1) is 6.54 Å². The number of aromatic nitrogens is 3. The second-order valence-corrected chi connectivity index (χ2v) is 6.55. The number of hydrogen-bond acceptors (Lipinski definition) is 5. The highest BCUT2D eigenvalue weighted by Crippen LogP contribution is 2.24. The van der Waals surface area contributed by atoms with Crippen LogP contribution < -0.4 is 20.9 Å². The van der Waals surface area contributed by atoms with Crippen LogP contribution in [0.1, 0.15) is 11.3 Å². The summed E-state index contributed by atoms with van der Waals surface area (Å²) < 4.78 is 43.3. The van der Waals surface area contributed by atoms with Gasteiger partial charge in [0.1, 0.15) is 12.4 Å². The molecule has 11 heteroatoms. The van der Waals surface area contributed by atoms with Gasteiger partial charge in [-0.05, 0) is 12.1 Å². The third-order valence-electron chi connectivity index (χ3n) is 4.34. The summed E-state index contributed by atoms with van der Waals surface area (Å²) in [7, 11) is 0. The van der Waals surface area contributed by atoms with E-state index in [1.165, 1.54) is 42.7 Å². The third kappa shape index (κ3) is 5.38. The fourth-order valence-electron chi connectivity index (χ4n) is 2.74. The van der Waals surface area contributed by atoms with Crippen LogP contribution in [-0.2, 0) is 23.8 Å². The fourth-order valence-corrected chi connectivity index (χ4v) is 2.74. The predicted octanol–water partition coefficient (Wildman–Crippen LogP) is 1.54. The normalized spacial score (nSPS) is 11.2. The van der Waals surface area contributed by atoms with Crippen molar-refractivity contribution >= 4 is 11.7 Å². The minimum Gasteiger partial charge on any atom is -0.618 e. The van der Waals surface area contributed by atoms with E-state index in [4.69, 9.17) is 0 Å². The molecule has 0 spiro atoms. The van der Waals surface area contributed by atoms with Crippen LogP contribution >= 0.6 is 0 Å². The summed E-state index contributed by atoms with van der Waals surface area (Å²) in [6.07, 6.45) is 3.33. The largest absolute Gasteiger partial charge is 0.618 e. The number of carbonyl (C=O) groups excluding carboxylic acids is 1. The van der Waals surface area contributed by atoms with Crippen molar-refractivity contribution in [2.75, 3.05) is 11.9 Å². The molecule has 3 rings (SSSR count). The SMILES string of the molecule is O=C(Cn1ccnc(NCC(F)(F)c2cccc[n+]2[O-])c1=O)NCc1ccccc1F. The number of pyridine rings is 1. The van der Waals surface area contributed by atoms with Crippen LogP contribution in [0, 0.1) is 11.0 Å². The van der Waals surface area contributed by atoms with E-state index in [1.54, 1.807) is 6.07 Å². The Labute approximate surface area is 174 Å². The van der Waals surface area contributed by atoms with Crippen molar-refractivity contribution in [3.8, 4) is 0 Å². The maximum Gasteiger partial charge on any atom is 0.347 e. The van der Waals surface area contributed by atoms with Gasteiger partial charge in [0.15, 0.2) is 12.0 Å². The number of hydrogen-bond donors (Lipinski definition) is 2. The number of halogens is 3. The van der Waals surface area contributed by atoms with Gasteiger partial charge in [-0.25, -0.2) is 9.37 Å². The maximum atomic E-state index is 14.3. The van der Waals surface area contributed by atoms with E-state index < -0.39 is 47.8 Å². The van der Waals surface area contributed by atoms with Crippen molar-refractivity contribution < 1.29 is 22.7 Å². The molecule has 2 heterocycles. The first-order chi connectivity index (χ1) is 14.8. The van der Waals surface area contributed by atoms with Crippen molar-refractivity contribution in [1.82, 2.24) is 14.9 Å². The standard InChI is InChI=1S/C20H18F3N5O3/c21-15-6-2-1-5-14(15)11-25-17(29)12-27-10-8-24-18(19(27)30)26-13-20(22,23)16-7-3-4-9-28(16)31/h1-10H,11-13H2,(H,24,26)(H,25,29). The highest BCUT2D eigenvalue weighted by atomic mass is 19.3. The molecule has 0 aliphatic heterocycles. The molecule has 0 aliphatic carbocycles. The number of amides is 1. The Bertz CT molecular complexity index is 1140. The Balaban J connectivity index is 1.64. The van der Waals surface area contributed by atoms with Gasteiger partial charge in [0.25, 0.3) is 11.3 Å². The zero-order valence-electron chi connectivity index (χ0n) is 16.1. The van der Waals surface area contributed by atoms with Gasteiger partial charge in [-0.15, -0.1) is 0 Å². The number of nitrogens with one attached hydrogen (secondary N) is 2. The molecule has 162 valence electrons. The zero-order chi connectivity index (χ0) is 22.4. The van der Waals surface area contributed by atoms with Crippen LogP contribution in [0.25, 0.3) is 0 Å². The molecule has 0 unspecified atom stereocenters. The quantitative estimate of drug-likeness (QED) is 0.414. The summed E-state index contributed by atoms with van der Waals surface area (Å²) in [5.74, 6) is -5.04. The van der Waals surface area contributed by atoms with Gasteiger partial charge >= 0.3 is 5.92 Å². The first-order valence-corrected chi connectivity index (χ1v) is 9.14. The Morgan fingerprint density at radius 1 is 1.19 bits per heavy atom. The molecule has 8 nitrogen and oxygen atoms in total. The Morgan fingerprint density at radius 2 is 1.94 bits per heavy atom. The molecule has 2 aromatic heterocycles. The van der Waals surface area contributed by atoms with Gasteiger partial charge in [-0.1, -0.05) is 18.2 Å². The summed E-state index contributed by atoms with van der Waals surface area (Å²) >= 11 is 0. The number of carbonyl (C=O) groups is 1. The molecule has 0 saturated carbocycles. The number of anilines is 1. The molecular weight excluding hydrogens is 415 g/mol. The van der Waals surface area contributed by atoms with E-state index in [1.807, 2.05) is 0 Å². The Morgan fingerprint density at radius 3 is 2.68 bits per heavy atom. The second kappa shape index (κ2) is 9.28. The molecule has 0 radical (unpaired) electrons. The van der Waals surface area contributed by atoms with Gasteiger partial charge < -0.3 is 20.4 Å². The lowest BCUT2D eigenvalue weighted by atomic mass is 10.2. The van der Waals surface area contributed by atoms with Crippen LogP contribution in [-0.4, -0.2) is 22.0 Å². The summed E-state index contributed by atoms with van der Waals surface area (Å²) in [6.45, 7) is -1.54. The molecule has 2 N–H and O–H groups in total.